The lowest BCUT2D eigenvalue weighted by atomic mass is 10.2. The smallest absolute Gasteiger partial charge is 0.191 e. The van der Waals surface area contributed by atoms with Crippen molar-refractivity contribution in [1.82, 2.24) is 10.6 Å². The van der Waals surface area contributed by atoms with Gasteiger partial charge in [-0.1, -0.05) is 30.3 Å². The van der Waals surface area contributed by atoms with Crippen LogP contribution in [0.1, 0.15) is 18.1 Å². The van der Waals surface area contributed by atoms with Crippen molar-refractivity contribution < 1.29 is 0 Å². The number of aliphatic imine (C=N–C) groups is 1. The molecule has 5 heteroatoms. The van der Waals surface area contributed by atoms with Crippen LogP contribution < -0.4 is 10.6 Å². The van der Waals surface area contributed by atoms with E-state index in [2.05, 4.69) is 51.5 Å². The number of nitrogens with one attached hydrogen (secondary N) is 2. The summed E-state index contributed by atoms with van der Waals surface area (Å²) in [6.07, 6.45) is 0. The molecule has 0 aliphatic heterocycles. The number of halogens is 1. The van der Waals surface area contributed by atoms with Gasteiger partial charge in [0.25, 0.3) is 0 Å². The van der Waals surface area contributed by atoms with Crippen molar-refractivity contribution in [1.29, 1.82) is 0 Å². The zero-order valence-electron chi connectivity index (χ0n) is 11.5. The maximum Gasteiger partial charge on any atom is 0.191 e. The Bertz CT molecular complexity index is 497. The summed E-state index contributed by atoms with van der Waals surface area (Å²) in [6, 6.07) is 12.4. The molecule has 0 saturated carbocycles. The van der Waals surface area contributed by atoms with Gasteiger partial charge in [0, 0.05) is 13.1 Å². The second-order valence-electron chi connectivity index (χ2n) is 4.17. The molecule has 3 nitrogen and oxygen atoms in total. The highest BCUT2D eigenvalue weighted by molar-refractivity contribution is 14.0. The van der Waals surface area contributed by atoms with Crippen LogP contribution in [0.4, 0.5) is 0 Å². The van der Waals surface area contributed by atoms with Gasteiger partial charge in [0.1, 0.15) is 0 Å². The molecule has 1 aromatic heterocycles. The minimum Gasteiger partial charge on any atom is -0.357 e. The number of guanidine groups is 1. The molecule has 0 unspecified atom stereocenters. The second kappa shape index (κ2) is 9.77. The largest absolute Gasteiger partial charge is 0.357 e. The van der Waals surface area contributed by atoms with E-state index in [1.54, 1.807) is 11.3 Å². The Balaban J connectivity index is 0.00000200. The number of hydrogen-bond acceptors (Lipinski definition) is 2. The summed E-state index contributed by atoms with van der Waals surface area (Å²) in [4.78, 5) is 4.57. The third-order valence-electron chi connectivity index (χ3n) is 2.65. The molecule has 0 fully saturated rings. The molecule has 20 heavy (non-hydrogen) atoms. The minimum absolute atomic E-state index is 0. The van der Waals surface area contributed by atoms with Gasteiger partial charge >= 0.3 is 0 Å². The van der Waals surface area contributed by atoms with Crippen molar-refractivity contribution in [3.8, 4) is 0 Å². The van der Waals surface area contributed by atoms with E-state index in [0.29, 0.717) is 6.54 Å². The minimum atomic E-state index is 0. The first kappa shape index (κ1) is 17.0. The van der Waals surface area contributed by atoms with Gasteiger partial charge in [0.05, 0.1) is 6.54 Å². The van der Waals surface area contributed by atoms with Crippen LogP contribution in [0.3, 0.4) is 0 Å². The normalized spacial score (nSPS) is 10.8. The van der Waals surface area contributed by atoms with E-state index in [4.69, 9.17) is 0 Å². The van der Waals surface area contributed by atoms with E-state index in [-0.39, 0.29) is 24.0 Å². The van der Waals surface area contributed by atoms with Crippen LogP contribution in [0.25, 0.3) is 0 Å². The molecule has 0 aliphatic rings. The van der Waals surface area contributed by atoms with E-state index >= 15 is 0 Å². The average Bonchev–Trinajstić information content (AvgIpc) is 2.96. The Kier molecular flexibility index (Phi) is 8.29. The van der Waals surface area contributed by atoms with E-state index in [1.807, 2.05) is 18.2 Å². The number of hydrogen-bond donors (Lipinski definition) is 2. The predicted octanol–water partition coefficient (Wildman–Crippen LogP) is 3.62. The number of thiophene rings is 1. The van der Waals surface area contributed by atoms with E-state index in [1.165, 1.54) is 11.1 Å². The van der Waals surface area contributed by atoms with Crippen LogP contribution in [0.2, 0.25) is 0 Å². The first-order valence-corrected chi connectivity index (χ1v) is 7.40. The van der Waals surface area contributed by atoms with Crippen LogP contribution in [-0.4, -0.2) is 12.5 Å². The molecule has 1 heterocycles. The van der Waals surface area contributed by atoms with Crippen LogP contribution in [0, 0.1) is 0 Å². The summed E-state index contributed by atoms with van der Waals surface area (Å²) in [5.74, 6) is 0.859. The predicted molar refractivity (Wildman–Crippen MR) is 97.8 cm³/mol. The molecule has 2 N–H and O–H groups in total. The van der Waals surface area contributed by atoms with Gasteiger partial charge in [-0.15, -0.1) is 24.0 Å². The molecule has 2 aromatic rings. The fourth-order valence-electron chi connectivity index (χ4n) is 1.68. The van der Waals surface area contributed by atoms with Gasteiger partial charge < -0.3 is 10.6 Å². The maximum atomic E-state index is 4.57. The molecule has 0 radical (unpaired) electrons. The first-order chi connectivity index (χ1) is 9.38. The van der Waals surface area contributed by atoms with E-state index < -0.39 is 0 Å². The molecule has 0 bridgehead atoms. The molecule has 108 valence electrons. The van der Waals surface area contributed by atoms with Gasteiger partial charge in [-0.2, -0.15) is 11.3 Å². The molecule has 0 aliphatic carbocycles. The van der Waals surface area contributed by atoms with Crippen LogP contribution in [0.15, 0.2) is 52.2 Å². The van der Waals surface area contributed by atoms with E-state index in [0.717, 1.165) is 19.0 Å². The fourth-order valence-corrected chi connectivity index (χ4v) is 2.34. The molecule has 0 atom stereocenters. The van der Waals surface area contributed by atoms with Crippen molar-refractivity contribution in [3.63, 3.8) is 0 Å². The summed E-state index contributed by atoms with van der Waals surface area (Å²) in [5.41, 5.74) is 2.51. The number of rotatable bonds is 5. The van der Waals surface area contributed by atoms with Crippen LogP contribution in [0.5, 0.6) is 0 Å². The third kappa shape index (κ3) is 5.92. The fraction of sp³-hybridized carbons (Fsp3) is 0.267. The van der Waals surface area contributed by atoms with E-state index in [9.17, 15) is 0 Å². The Morgan fingerprint density at radius 1 is 1.10 bits per heavy atom. The SMILES string of the molecule is CCNC(=NCc1ccsc1)NCc1ccccc1.I. The first-order valence-electron chi connectivity index (χ1n) is 6.45. The van der Waals surface area contributed by atoms with Gasteiger partial charge in [-0.05, 0) is 34.9 Å². The topological polar surface area (TPSA) is 36.4 Å². The van der Waals surface area contributed by atoms with Crippen molar-refractivity contribution in [2.45, 2.75) is 20.0 Å². The average molecular weight is 401 g/mol. The molecule has 2 rings (SSSR count). The summed E-state index contributed by atoms with van der Waals surface area (Å²) in [5, 5.41) is 10.8. The van der Waals surface area contributed by atoms with Gasteiger partial charge in [0.2, 0.25) is 0 Å². The standard InChI is InChI=1S/C15H19N3S.HI/c1-2-16-15(18-11-14-8-9-19-12-14)17-10-13-6-4-3-5-7-13;/h3-9,12H,2,10-11H2,1H3,(H2,16,17,18);1H. The number of benzene rings is 1. The van der Waals surface area contributed by atoms with Crippen molar-refractivity contribution >= 4 is 41.3 Å². The lowest BCUT2D eigenvalue weighted by Crippen LogP contribution is -2.36. The Labute approximate surface area is 141 Å². The molecule has 0 amide bonds. The Morgan fingerprint density at radius 3 is 2.55 bits per heavy atom. The summed E-state index contributed by atoms with van der Waals surface area (Å²) >= 11 is 1.70. The summed E-state index contributed by atoms with van der Waals surface area (Å²) in [7, 11) is 0. The number of nitrogens with zero attached hydrogens (tertiary/aromatic N) is 1. The summed E-state index contributed by atoms with van der Waals surface area (Å²) < 4.78 is 0. The van der Waals surface area contributed by atoms with Crippen molar-refractivity contribution in [2.75, 3.05) is 6.54 Å². The molecular formula is C15H20IN3S. The lowest BCUT2D eigenvalue weighted by molar-refractivity contribution is 0.816. The highest BCUT2D eigenvalue weighted by atomic mass is 127. The van der Waals surface area contributed by atoms with Gasteiger partial charge in [0.15, 0.2) is 5.96 Å². The zero-order valence-corrected chi connectivity index (χ0v) is 14.7. The van der Waals surface area contributed by atoms with Crippen LogP contribution in [-0.2, 0) is 13.1 Å². The lowest BCUT2D eigenvalue weighted by Gasteiger charge is -2.11. The summed E-state index contributed by atoms with van der Waals surface area (Å²) in [6.45, 7) is 4.44. The highest BCUT2D eigenvalue weighted by Gasteiger charge is 1.98. The van der Waals surface area contributed by atoms with Gasteiger partial charge in [-0.3, -0.25) is 0 Å². The van der Waals surface area contributed by atoms with Crippen LogP contribution >= 0.6 is 35.3 Å². The van der Waals surface area contributed by atoms with Gasteiger partial charge in [-0.25, -0.2) is 4.99 Å². The Morgan fingerprint density at radius 2 is 1.90 bits per heavy atom. The highest BCUT2D eigenvalue weighted by Crippen LogP contribution is 2.06. The van der Waals surface area contributed by atoms with Crippen molar-refractivity contribution in [3.05, 3.63) is 58.3 Å². The molecule has 0 saturated heterocycles. The molecular weight excluding hydrogens is 381 g/mol. The molecule has 1 aromatic carbocycles. The maximum absolute atomic E-state index is 4.57. The van der Waals surface area contributed by atoms with Crippen molar-refractivity contribution in [2.24, 2.45) is 4.99 Å². The Hall–Kier alpha value is -1.08. The zero-order chi connectivity index (χ0) is 13.3. The monoisotopic (exact) mass is 401 g/mol. The second-order valence-corrected chi connectivity index (χ2v) is 4.95. The third-order valence-corrected chi connectivity index (χ3v) is 3.38. The quantitative estimate of drug-likeness (QED) is 0.456. The molecule has 0 spiro atoms.